The van der Waals surface area contributed by atoms with Crippen LogP contribution < -0.4 is 0 Å². The summed E-state index contributed by atoms with van der Waals surface area (Å²) in [4.78, 5) is 20.3. The fourth-order valence-corrected chi connectivity index (χ4v) is 4.83. The Bertz CT molecular complexity index is 511. The Hall–Kier alpha value is -0.940. The van der Waals surface area contributed by atoms with Crippen molar-refractivity contribution in [1.82, 2.24) is 9.88 Å². The maximum Gasteiger partial charge on any atom is 0.323 e. The molecule has 3 rings (SSSR count). The van der Waals surface area contributed by atoms with Gasteiger partial charge in [-0.3, -0.25) is 9.69 Å². The van der Waals surface area contributed by atoms with Crippen molar-refractivity contribution in [3.63, 3.8) is 0 Å². The number of thiazole rings is 1. The smallest absolute Gasteiger partial charge is 0.323 e. The number of rotatable bonds is 4. The Kier molecular flexibility index (Phi) is 5.14. The number of likely N-dealkylation sites (tertiary alicyclic amines) is 1. The molecular weight excluding hydrogens is 296 g/mol. The molecule has 1 saturated carbocycles. The number of methoxy groups -OCH3 is 1. The molecule has 2 aliphatic rings. The SMILES string of the molecule is COC(=O)[C@H]1C[C@@H](C)CCN1Cc1cnc(C2CCCC2)s1. The van der Waals surface area contributed by atoms with Crippen molar-refractivity contribution in [2.75, 3.05) is 13.7 Å². The fraction of sp³-hybridized carbons (Fsp3) is 0.765. The van der Waals surface area contributed by atoms with Crippen molar-refractivity contribution >= 4 is 17.3 Å². The highest BCUT2D eigenvalue weighted by atomic mass is 32.1. The van der Waals surface area contributed by atoms with Gasteiger partial charge in [-0.25, -0.2) is 4.98 Å². The first-order valence-electron chi connectivity index (χ1n) is 8.44. The highest BCUT2D eigenvalue weighted by molar-refractivity contribution is 7.11. The van der Waals surface area contributed by atoms with Gasteiger partial charge in [0.25, 0.3) is 0 Å². The third-order valence-corrected chi connectivity index (χ3v) is 6.23. The van der Waals surface area contributed by atoms with Gasteiger partial charge >= 0.3 is 5.97 Å². The van der Waals surface area contributed by atoms with E-state index in [0.29, 0.717) is 11.8 Å². The second-order valence-electron chi connectivity index (χ2n) is 6.79. The van der Waals surface area contributed by atoms with Crippen LogP contribution in [0, 0.1) is 5.92 Å². The number of carbonyl (C=O) groups excluding carboxylic acids is 1. The van der Waals surface area contributed by atoms with E-state index in [4.69, 9.17) is 4.74 Å². The van der Waals surface area contributed by atoms with Crippen LogP contribution in [0.1, 0.15) is 61.3 Å². The van der Waals surface area contributed by atoms with Gasteiger partial charge in [0.15, 0.2) is 0 Å². The molecule has 1 aromatic heterocycles. The van der Waals surface area contributed by atoms with E-state index in [-0.39, 0.29) is 12.0 Å². The highest BCUT2D eigenvalue weighted by Gasteiger charge is 2.33. The molecular formula is C17H26N2O2S. The van der Waals surface area contributed by atoms with Crippen LogP contribution >= 0.6 is 11.3 Å². The van der Waals surface area contributed by atoms with Crippen molar-refractivity contribution in [1.29, 1.82) is 0 Å². The van der Waals surface area contributed by atoms with E-state index in [9.17, 15) is 4.79 Å². The molecule has 1 saturated heterocycles. The monoisotopic (exact) mass is 322 g/mol. The van der Waals surface area contributed by atoms with Crippen LogP contribution in [0.25, 0.3) is 0 Å². The van der Waals surface area contributed by atoms with E-state index < -0.39 is 0 Å². The molecule has 2 atom stereocenters. The molecule has 2 fully saturated rings. The standard InChI is InChI=1S/C17H26N2O2S/c1-12-7-8-19(15(9-12)17(20)21-2)11-14-10-18-16(22-14)13-5-3-4-6-13/h10,12-13,15H,3-9,11H2,1-2H3/t12-,15+/m0/s1. The first-order valence-corrected chi connectivity index (χ1v) is 9.25. The van der Waals surface area contributed by atoms with Gasteiger partial charge in [-0.15, -0.1) is 11.3 Å². The fourth-order valence-electron chi connectivity index (χ4n) is 3.72. The van der Waals surface area contributed by atoms with Gasteiger partial charge in [-0.2, -0.15) is 0 Å². The molecule has 2 heterocycles. The number of hydrogen-bond donors (Lipinski definition) is 0. The van der Waals surface area contributed by atoms with E-state index in [0.717, 1.165) is 25.9 Å². The number of hydrogen-bond acceptors (Lipinski definition) is 5. The topological polar surface area (TPSA) is 42.4 Å². The lowest BCUT2D eigenvalue weighted by molar-refractivity contribution is -0.149. The van der Waals surface area contributed by atoms with Gasteiger partial charge in [0.2, 0.25) is 0 Å². The highest BCUT2D eigenvalue weighted by Crippen LogP contribution is 2.36. The van der Waals surface area contributed by atoms with E-state index in [1.165, 1.54) is 42.7 Å². The Morgan fingerprint density at radius 3 is 2.91 bits per heavy atom. The molecule has 1 aromatic rings. The first kappa shape index (κ1) is 15.9. The largest absolute Gasteiger partial charge is 0.468 e. The summed E-state index contributed by atoms with van der Waals surface area (Å²) in [5.41, 5.74) is 0. The quantitative estimate of drug-likeness (QED) is 0.795. The summed E-state index contributed by atoms with van der Waals surface area (Å²) < 4.78 is 5.00. The van der Waals surface area contributed by atoms with Crippen molar-refractivity contribution in [2.45, 2.75) is 64.0 Å². The average Bonchev–Trinajstić information content (AvgIpc) is 3.19. The number of carbonyl (C=O) groups is 1. The van der Waals surface area contributed by atoms with Gasteiger partial charge in [0, 0.05) is 23.5 Å². The second kappa shape index (κ2) is 7.09. The summed E-state index contributed by atoms with van der Waals surface area (Å²) in [6, 6.07) is -0.0919. The van der Waals surface area contributed by atoms with E-state index in [1.807, 2.05) is 17.5 Å². The van der Waals surface area contributed by atoms with Gasteiger partial charge in [-0.05, 0) is 38.1 Å². The Morgan fingerprint density at radius 2 is 2.18 bits per heavy atom. The van der Waals surface area contributed by atoms with Gasteiger partial charge < -0.3 is 4.74 Å². The van der Waals surface area contributed by atoms with Crippen LogP contribution in [-0.4, -0.2) is 35.5 Å². The maximum absolute atomic E-state index is 12.1. The molecule has 0 bridgehead atoms. The first-order chi connectivity index (χ1) is 10.7. The van der Waals surface area contributed by atoms with Crippen molar-refractivity contribution in [3.8, 4) is 0 Å². The maximum atomic E-state index is 12.1. The number of nitrogens with zero attached hydrogens (tertiary/aromatic N) is 2. The summed E-state index contributed by atoms with van der Waals surface area (Å²) >= 11 is 1.84. The molecule has 0 N–H and O–H groups in total. The number of aromatic nitrogens is 1. The molecule has 0 unspecified atom stereocenters. The van der Waals surface area contributed by atoms with E-state index in [1.54, 1.807) is 0 Å². The minimum atomic E-state index is -0.0919. The summed E-state index contributed by atoms with van der Waals surface area (Å²) in [5.74, 6) is 1.18. The lowest BCUT2D eigenvalue weighted by Crippen LogP contribution is -2.46. The zero-order valence-electron chi connectivity index (χ0n) is 13.6. The minimum Gasteiger partial charge on any atom is -0.468 e. The third kappa shape index (κ3) is 3.51. The Balaban J connectivity index is 1.66. The van der Waals surface area contributed by atoms with Gasteiger partial charge in [0.1, 0.15) is 6.04 Å². The summed E-state index contributed by atoms with van der Waals surface area (Å²) in [7, 11) is 1.49. The van der Waals surface area contributed by atoms with Crippen molar-refractivity contribution in [2.24, 2.45) is 5.92 Å². The molecule has 1 aliphatic heterocycles. The van der Waals surface area contributed by atoms with Crippen LogP contribution in [-0.2, 0) is 16.1 Å². The lowest BCUT2D eigenvalue weighted by Gasteiger charge is -2.36. The second-order valence-corrected chi connectivity index (χ2v) is 7.93. The summed E-state index contributed by atoms with van der Waals surface area (Å²) in [6.45, 7) is 4.02. The van der Waals surface area contributed by atoms with Crippen LogP contribution in [0.4, 0.5) is 0 Å². The molecule has 5 heteroatoms. The molecule has 0 radical (unpaired) electrons. The number of esters is 1. The predicted molar refractivity (Wildman–Crippen MR) is 87.9 cm³/mol. The number of piperidine rings is 1. The third-order valence-electron chi connectivity index (χ3n) is 5.08. The van der Waals surface area contributed by atoms with Crippen LogP contribution in [0.15, 0.2) is 6.20 Å². The molecule has 4 nitrogen and oxygen atoms in total. The molecule has 0 spiro atoms. The van der Waals surface area contributed by atoms with Crippen molar-refractivity contribution in [3.05, 3.63) is 16.1 Å². The molecule has 122 valence electrons. The zero-order valence-corrected chi connectivity index (χ0v) is 14.4. The van der Waals surface area contributed by atoms with Crippen molar-refractivity contribution < 1.29 is 9.53 Å². The molecule has 1 aliphatic carbocycles. The lowest BCUT2D eigenvalue weighted by atomic mass is 9.92. The normalized spacial score (nSPS) is 27.2. The van der Waals surface area contributed by atoms with Gasteiger partial charge in [0.05, 0.1) is 12.1 Å². The predicted octanol–water partition coefficient (Wildman–Crippen LogP) is 3.57. The Labute approximate surface area is 136 Å². The molecule has 0 amide bonds. The van der Waals surface area contributed by atoms with E-state index in [2.05, 4.69) is 16.8 Å². The Morgan fingerprint density at radius 1 is 1.41 bits per heavy atom. The minimum absolute atomic E-state index is 0.0907. The van der Waals surface area contributed by atoms with Crippen LogP contribution in [0.2, 0.25) is 0 Å². The van der Waals surface area contributed by atoms with Crippen LogP contribution in [0.3, 0.4) is 0 Å². The molecule has 22 heavy (non-hydrogen) atoms. The average molecular weight is 322 g/mol. The zero-order chi connectivity index (χ0) is 15.5. The summed E-state index contributed by atoms with van der Waals surface area (Å²) in [6.07, 6.45) is 9.34. The van der Waals surface area contributed by atoms with E-state index >= 15 is 0 Å². The van der Waals surface area contributed by atoms with Gasteiger partial charge in [-0.1, -0.05) is 19.8 Å². The number of ether oxygens (including phenoxy) is 1. The molecule has 0 aromatic carbocycles. The van der Waals surface area contributed by atoms with Crippen LogP contribution in [0.5, 0.6) is 0 Å². The summed E-state index contributed by atoms with van der Waals surface area (Å²) in [5, 5.41) is 1.30.